The maximum absolute atomic E-state index is 5.64. The number of rotatable bonds is 10. The third-order valence-electron chi connectivity index (χ3n) is 6.39. The van der Waals surface area contributed by atoms with Crippen LogP contribution in [-0.2, 0) is 24.1 Å². The third-order valence-corrected chi connectivity index (χ3v) is 6.39. The Bertz CT molecular complexity index is 642. The fraction of sp³-hybridized carbons (Fsp3) is 0.864. The molecule has 0 spiro atoms. The second-order valence-electron chi connectivity index (χ2n) is 8.52. The molecule has 1 aliphatic carbocycles. The number of aromatic nitrogens is 3. The van der Waals surface area contributed by atoms with Gasteiger partial charge in [0.25, 0.3) is 0 Å². The molecular formula is C22H41IN6O. The van der Waals surface area contributed by atoms with Gasteiger partial charge in [0.1, 0.15) is 11.6 Å². The summed E-state index contributed by atoms with van der Waals surface area (Å²) >= 11 is 0. The Morgan fingerprint density at radius 3 is 2.70 bits per heavy atom. The van der Waals surface area contributed by atoms with E-state index in [0.717, 1.165) is 76.3 Å². The van der Waals surface area contributed by atoms with Gasteiger partial charge >= 0.3 is 0 Å². The van der Waals surface area contributed by atoms with Crippen LogP contribution in [-0.4, -0.2) is 53.6 Å². The molecule has 2 N–H and O–H groups in total. The van der Waals surface area contributed by atoms with E-state index in [4.69, 9.17) is 9.73 Å². The molecule has 30 heavy (non-hydrogen) atoms. The number of hydrogen-bond acceptors (Lipinski definition) is 4. The summed E-state index contributed by atoms with van der Waals surface area (Å²) in [6, 6.07) is 0. The first-order chi connectivity index (χ1) is 14.3. The SMILES string of the molecule is CCNC(=NCC1(CCOCC)CCCC1)NCCc1nnc2n1CCCCC2.I. The number of guanidine groups is 1. The largest absolute Gasteiger partial charge is 0.382 e. The Labute approximate surface area is 199 Å². The lowest BCUT2D eigenvalue weighted by molar-refractivity contribution is 0.107. The van der Waals surface area contributed by atoms with Crippen LogP contribution in [0.4, 0.5) is 0 Å². The average molecular weight is 533 g/mol. The maximum Gasteiger partial charge on any atom is 0.191 e. The number of nitrogens with zero attached hydrogens (tertiary/aromatic N) is 4. The second kappa shape index (κ2) is 13.5. The summed E-state index contributed by atoms with van der Waals surface area (Å²) in [6.45, 7) is 9.50. The summed E-state index contributed by atoms with van der Waals surface area (Å²) in [5, 5.41) is 15.8. The van der Waals surface area contributed by atoms with Crippen molar-refractivity contribution >= 4 is 29.9 Å². The molecule has 1 saturated carbocycles. The Kier molecular flexibility index (Phi) is 11.4. The molecule has 0 unspecified atom stereocenters. The van der Waals surface area contributed by atoms with Gasteiger partial charge in [0.15, 0.2) is 5.96 Å². The molecule has 0 radical (unpaired) electrons. The van der Waals surface area contributed by atoms with Crippen LogP contribution in [0.3, 0.4) is 0 Å². The van der Waals surface area contributed by atoms with Gasteiger partial charge in [0.2, 0.25) is 0 Å². The van der Waals surface area contributed by atoms with Gasteiger partial charge in [-0.2, -0.15) is 0 Å². The quantitative estimate of drug-likeness (QED) is 0.208. The molecule has 0 aromatic carbocycles. The number of ether oxygens (including phenoxy) is 1. The highest BCUT2D eigenvalue weighted by Crippen LogP contribution is 2.41. The van der Waals surface area contributed by atoms with Gasteiger partial charge < -0.3 is 19.9 Å². The van der Waals surface area contributed by atoms with E-state index in [1.165, 1.54) is 44.9 Å². The summed E-state index contributed by atoms with van der Waals surface area (Å²) in [5.41, 5.74) is 0.321. The molecule has 0 bridgehead atoms. The highest BCUT2D eigenvalue weighted by atomic mass is 127. The number of halogens is 1. The standard InChI is InChI=1S/C22H40N6O.HI/c1-3-23-21(25-18-22(12-7-8-13-22)14-17-29-4-2)24-15-11-20-27-26-19-10-6-5-9-16-28(19)20;/h3-18H2,1-2H3,(H2,23,24,25);1H. The number of hydrogen-bond donors (Lipinski definition) is 2. The summed E-state index contributed by atoms with van der Waals surface area (Å²) in [5.74, 6) is 3.19. The minimum Gasteiger partial charge on any atom is -0.382 e. The lowest BCUT2D eigenvalue weighted by Gasteiger charge is -2.27. The molecular weight excluding hydrogens is 491 g/mol. The van der Waals surface area contributed by atoms with Crippen molar-refractivity contribution in [2.45, 2.75) is 84.6 Å². The van der Waals surface area contributed by atoms with Gasteiger partial charge in [0, 0.05) is 52.2 Å². The maximum atomic E-state index is 5.64. The molecule has 2 heterocycles. The molecule has 0 saturated heterocycles. The fourth-order valence-electron chi connectivity index (χ4n) is 4.66. The molecule has 1 aliphatic heterocycles. The van der Waals surface area contributed by atoms with Crippen LogP contribution in [0.25, 0.3) is 0 Å². The molecule has 7 nitrogen and oxygen atoms in total. The normalized spacial score (nSPS) is 18.4. The first-order valence-electron chi connectivity index (χ1n) is 11.8. The molecule has 3 rings (SSSR count). The van der Waals surface area contributed by atoms with E-state index < -0.39 is 0 Å². The monoisotopic (exact) mass is 532 g/mol. The summed E-state index contributed by atoms with van der Waals surface area (Å²) in [6.07, 6.45) is 12.0. The highest BCUT2D eigenvalue weighted by Gasteiger charge is 2.33. The lowest BCUT2D eigenvalue weighted by atomic mass is 9.83. The van der Waals surface area contributed by atoms with Gasteiger partial charge in [-0.1, -0.05) is 19.3 Å². The van der Waals surface area contributed by atoms with E-state index in [1.807, 2.05) is 0 Å². The molecule has 8 heteroatoms. The van der Waals surface area contributed by atoms with Crippen LogP contribution in [0.5, 0.6) is 0 Å². The van der Waals surface area contributed by atoms with E-state index in [-0.39, 0.29) is 24.0 Å². The van der Waals surface area contributed by atoms with E-state index in [9.17, 15) is 0 Å². The summed E-state index contributed by atoms with van der Waals surface area (Å²) < 4.78 is 7.97. The van der Waals surface area contributed by atoms with E-state index in [2.05, 4.69) is 39.2 Å². The highest BCUT2D eigenvalue weighted by molar-refractivity contribution is 14.0. The Morgan fingerprint density at radius 1 is 1.10 bits per heavy atom. The van der Waals surface area contributed by atoms with Crippen LogP contribution in [0.15, 0.2) is 4.99 Å². The van der Waals surface area contributed by atoms with Crippen molar-refractivity contribution in [1.29, 1.82) is 0 Å². The lowest BCUT2D eigenvalue weighted by Crippen LogP contribution is -2.39. The van der Waals surface area contributed by atoms with Crippen molar-refractivity contribution in [1.82, 2.24) is 25.4 Å². The van der Waals surface area contributed by atoms with Gasteiger partial charge in [0.05, 0.1) is 0 Å². The first kappa shape index (κ1) is 25.4. The predicted octanol–water partition coefficient (Wildman–Crippen LogP) is 3.71. The summed E-state index contributed by atoms with van der Waals surface area (Å²) in [7, 11) is 0. The fourth-order valence-corrected chi connectivity index (χ4v) is 4.66. The molecule has 1 aromatic heterocycles. The second-order valence-corrected chi connectivity index (χ2v) is 8.52. The Morgan fingerprint density at radius 2 is 1.93 bits per heavy atom. The summed E-state index contributed by atoms with van der Waals surface area (Å²) in [4.78, 5) is 4.96. The Balaban J connectivity index is 0.00000320. The molecule has 2 aliphatic rings. The van der Waals surface area contributed by atoms with Crippen molar-refractivity contribution in [3.8, 4) is 0 Å². The van der Waals surface area contributed by atoms with Crippen LogP contribution in [0, 0.1) is 5.41 Å². The first-order valence-corrected chi connectivity index (χ1v) is 11.8. The number of nitrogens with one attached hydrogen (secondary N) is 2. The van der Waals surface area contributed by atoms with E-state index in [1.54, 1.807) is 0 Å². The van der Waals surface area contributed by atoms with Gasteiger partial charge in [-0.25, -0.2) is 0 Å². The van der Waals surface area contributed by atoms with Gasteiger partial charge in [-0.15, -0.1) is 34.2 Å². The zero-order chi connectivity index (χ0) is 20.4. The van der Waals surface area contributed by atoms with E-state index in [0.29, 0.717) is 5.41 Å². The van der Waals surface area contributed by atoms with Crippen LogP contribution in [0.1, 0.15) is 76.9 Å². The predicted molar refractivity (Wildman–Crippen MR) is 133 cm³/mol. The van der Waals surface area contributed by atoms with Crippen LogP contribution in [0.2, 0.25) is 0 Å². The van der Waals surface area contributed by atoms with E-state index >= 15 is 0 Å². The van der Waals surface area contributed by atoms with Crippen molar-refractivity contribution in [2.75, 3.05) is 32.8 Å². The van der Waals surface area contributed by atoms with Crippen molar-refractivity contribution in [3.05, 3.63) is 11.6 Å². The van der Waals surface area contributed by atoms with Crippen molar-refractivity contribution in [3.63, 3.8) is 0 Å². The van der Waals surface area contributed by atoms with Crippen LogP contribution < -0.4 is 10.6 Å². The third kappa shape index (κ3) is 7.35. The molecule has 0 atom stereocenters. The average Bonchev–Trinajstić information content (AvgIpc) is 3.27. The van der Waals surface area contributed by atoms with Crippen molar-refractivity contribution < 1.29 is 4.74 Å². The number of aliphatic imine (C=N–C) groups is 1. The number of fused-ring (bicyclic) bond motifs is 1. The minimum atomic E-state index is 0. The molecule has 1 fully saturated rings. The minimum absolute atomic E-state index is 0. The van der Waals surface area contributed by atoms with Gasteiger partial charge in [-0.05, 0) is 51.4 Å². The van der Waals surface area contributed by atoms with Gasteiger partial charge in [-0.3, -0.25) is 4.99 Å². The topological polar surface area (TPSA) is 76.4 Å². The smallest absolute Gasteiger partial charge is 0.191 e. The number of aryl methyl sites for hydroxylation is 1. The van der Waals surface area contributed by atoms with Crippen molar-refractivity contribution in [2.24, 2.45) is 10.4 Å². The zero-order valence-corrected chi connectivity index (χ0v) is 21.2. The molecule has 0 amide bonds. The Hall–Kier alpha value is -0.900. The zero-order valence-electron chi connectivity index (χ0n) is 18.9. The van der Waals surface area contributed by atoms with Crippen LogP contribution >= 0.6 is 24.0 Å². The molecule has 1 aromatic rings. The molecule has 172 valence electrons.